The first-order valence-electron chi connectivity index (χ1n) is 6.78. The largest absolute Gasteiger partial charge is 0.345 e. The van der Waals surface area contributed by atoms with Crippen molar-refractivity contribution < 1.29 is 4.79 Å². The minimum absolute atomic E-state index is 0.0470. The lowest BCUT2D eigenvalue weighted by Gasteiger charge is -2.34. The van der Waals surface area contributed by atoms with Crippen molar-refractivity contribution in [2.75, 3.05) is 0 Å². The summed E-state index contributed by atoms with van der Waals surface area (Å²) in [7, 11) is 0. The molecule has 2 aliphatic carbocycles. The van der Waals surface area contributed by atoms with E-state index in [1.165, 1.54) is 19.3 Å². The standard InChI is InChI=1S/C14H19N3O/c1-10-8-15-9-12(16-10)13(18)17-14-5-2-3-11(7-14)4-6-14/h8-9,11H,2-7H2,1H3,(H,17,18). The fraction of sp³-hybridized carbons (Fsp3) is 0.643. The molecule has 2 fully saturated rings. The number of rotatable bonds is 2. The van der Waals surface area contributed by atoms with E-state index in [-0.39, 0.29) is 11.4 Å². The molecule has 3 rings (SSSR count). The maximum atomic E-state index is 12.2. The number of aryl methyl sites for hydroxylation is 1. The highest BCUT2D eigenvalue weighted by Crippen LogP contribution is 2.45. The summed E-state index contributed by atoms with van der Waals surface area (Å²) in [5, 5.41) is 3.23. The zero-order chi connectivity index (χ0) is 12.6. The molecule has 1 aromatic rings. The van der Waals surface area contributed by atoms with Crippen molar-refractivity contribution in [2.24, 2.45) is 5.92 Å². The molecule has 1 amide bonds. The number of aromatic nitrogens is 2. The summed E-state index contributed by atoms with van der Waals surface area (Å²) in [5.74, 6) is 0.761. The third-order valence-electron chi connectivity index (χ3n) is 4.34. The number of nitrogens with one attached hydrogen (secondary N) is 1. The van der Waals surface area contributed by atoms with Crippen molar-refractivity contribution in [3.05, 3.63) is 23.8 Å². The van der Waals surface area contributed by atoms with Crippen molar-refractivity contribution in [1.29, 1.82) is 0 Å². The molecule has 1 heterocycles. The van der Waals surface area contributed by atoms with Crippen LogP contribution in [0.4, 0.5) is 0 Å². The van der Waals surface area contributed by atoms with Crippen LogP contribution < -0.4 is 5.32 Å². The third-order valence-corrected chi connectivity index (χ3v) is 4.34. The molecular formula is C14H19N3O. The normalized spacial score (nSPS) is 30.2. The molecular weight excluding hydrogens is 226 g/mol. The van der Waals surface area contributed by atoms with Gasteiger partial charge in [0.1, 0.15) is 5.69 Å². The monoisotopic (exact) mass is 245 g/mol. The Kier molecular flexibility index (Phi) is 2.80. The van der Waals surface area contributed by atoms with E-state index >= 15 is 0 Å². The molecule has 1 N–H and O–H groups in total. The minimum atomic E-state index is -0.0613. The molecule has 18 heavy (non-hydrogen) atoms. The van der Waals surface area contributed by atoms with Gasteiger partial charge in [-0.1, -0.05) is 12.8 Å². The van der Waals surface area contributed by atoms with Crippen LogP contribution in [-0.2, 0) is 0 Å². The lowest BCUT2D eigenvalue weighted by Crippen LogP contribution is -2.48. The van der Waals surface area contributed by atoms with Crippen LogP contribution in [-0.4, -0.2) is 21.4 Å². The van der Waals surface area contributed by atoms with E-state index in [2.05, 4.69) is 15.3 Å². The van der Waals surface area contributed by atoms with E-state index in [0.717, 1.165) is 30.9 Å². The molecule has 2 unspecified atom stereocenters. The van der Waals surface area contributed by atoms with Crippen LogP contribution in [0.3, 0.4) is 0 Å². The summed E-state index contributed by atoms with van der Waals surface area (Å²) in [6.45, 7) is 1.86. The quantitative estimate of drug-likeness (QED) is 0.869. The number of amides is 1. The van der Waals surface area contributed by atoms with Gasteiger partial charge < -0.3 is 5.32 Å². The van der Waals surface area contributed by atoms with Gasteiger partial charge in [-0.25, -0.2) is 4.98 Å². The van der Waals surface area contributed by atoms with Crippen molar-refractivity contribution in [3.8, 4) is 0 Å². The van der Waals surface area contributed by atoms with Crippen LogP contribution >= 0.6 is 0 Å². The van der Waals surface area contributed by atoms with Crippen LogP contribution in [0.1, 0.15) is 54.7 Å². The summed E-state index contributed by atoms with van der Waals surface area (Å²) in [6.07, 6.45) is 10.5. The van der Waals surface area contributed by atoms with Crippen LogP contribution in [0.25, 0.3) is 0 Å². The molecule has 0 spiro atoms. The Bertz CT molecular complexity index is 470. The van der Waals surface area contributed by atoms with E-state index in [4.69, 9.17) is 0 Å². The minimum Gasteiger partial charge on any atom is -0.345 e. The first kappa shape index (κ1) is 11.6. The predicted octanol–water partition coefficient (Wildman–Crippen LogP) is 2.24. The number of hydrogen-bond acceptors (Lipinski definition) is 3. The smallest absolute Gasteiger partial charge is 0.271 e. The highest BCUT2D eigenvalue weighted by Gasteiger charge is 2.43. The molecule has 2 bridgehead atoms. The summed E-state index contributed by atoms with van der Waals surface area (Å²) >= 11 is 0. The van der Waals surface area contributed by atoms with Crippen LogP contribution in [0.15, 0.2) is 12.4 Å². The SMILES string of the molecule is Cc1cncc(C(=O)NC23CCCC(CC2)C3)n1. The Morgan fingerprint density at radius 1 is 1.39 bits per heavy atom. The maximum absolute atomic E-state index is 12.2. The molecule has 4 heteroatoms. The number of fused-ring (bicyclic) bond motifs is 2. The molecule has 2 atom stereocenters. The second-order valence-corrected chi connectivity index (χ2v) is 5.78. The molecule has 0 radical (unpaired) electrons. The zero-order valence-corrected chi connectivity index (χ0v) is 10.8. The Morgan fingerprint density at radius 3 is 3.11 bits per heavy atom. The fourth-order valence-electron chi connectivity index (χ4n) is 3.49. The molecule has 2 aliphatic rings. The van der Waals surface area contributed by atoms with E-state index in [1.807, 2.05) is 6.92 Å². The van der Waals surface area contributed by atoms with Crippen LogP contribution in [0.5, 0.6) is 0 Å². The van der Waals surface area contributed by atoms with Crippen molar-refractivity contribution in [1.82, 2.24) is 15.3 Å². The van der Waals surface area contributed by atoms with Gasteiger partial charge in [-0.05, 0) is 38.5 Å². The van der Waals surface area contributed by atoms with Gasteiger partial charge in [0, 0.05) is 11.7 Å². The van der Waals surface area contributed by atoms with Crippen molar-refractivity contribution in [2.45, 2.75) is 51.0 Å². The van der Waals surface area contributed by atoms with Gasteiger partial charge in [-0.3, -0.25) is 9.78 Å². The zero-order valence-electron chi connectivity index (χ0n) is 10.8. The summed E-state index contributed by atoms with van der Waals surface area (Å²) < 4.78 is 0. The summed E-state index contributed by atoms with van der Waals surface area (Å²) in [4.78, 5) is 20.5. The molecule has 4 nitrogen and oxygen atoms in total. The van der Waals surface area contributed by atoms with Crippen LogP contribution in [0, 0.1) is 12.8 Å². The Balaban J connectivity index is 1.75. The summed E-state index contributed by atoms with van der Waals surface area (Å²) in [6, 6.07) is 0. The Hall–Kier alpha value is -1.45. The molecule has 0 aromatic carbocycles. The Morgan fingerprint density at radius 2 is 2.28 bits per heavy atom. The van der Waals surface area contributed by atoms with Gasteiger partial charge in [-0.15, -0.1) is 0 Å². The highest BCUT2D eigenvalue weighted by molar-refractivity contribution is 5.92. The second kappa shape index (κ2) is 4.34. The summed E-state index contributed by atoms with van der Waals surface area (Å²) in [5.41, 5.74) is 1.28. The number of hydrogen-bond donors (Lipinski definition) is 1. The first-order chi connectivity index (χ1) is 8.67. The first-order valence-corrected chi connectivity index (χ1v) is 6.78. The highest BCUT2D eigenvalue weighted by atomic mass is 16.2. The molecule has 1 aromatic heterocycles. The second-order valence-electron chi connectivity index (χ2n) is 5.78. The number of nitrogens with zero attached hydrogens (tertiary/aromatic N) is 2. The number of carbonyl (C=O) groups is 1. The van der Waals surface area contributed by atoms with Crippen molar-refractivity contribution in [3.63, 3.8) is 0 Å². The molecule has 0 aliphatic heterocycles. The van der Waals surface area contributed by atoms with E-state index in [1.54, 1.807) is 12.4 Å². The van der Waals surface area contributed by atoms with Gasteiger partial charge in [0.25, 0.3) is 5.91 Å². The molecule has 2 saturated carbocycles. The lowest BCUT2D eigenvalue weighted by molar-refractivity contribution is 0.0875. The van der Waals surface area contributed by atoms with E-state index in [0.29, 0.717) is 5.69 Å². The average Bonchev–Trinajstić information content (AvgIpc) is 2.64. The third kappa shape index (κ3) is 2.11. The van der Waals surface area contributed by atoms with E-state index < -0.39 is 0 Å². The topological polar surface area (TPSA) is 54.9 Å². The van der Waals surface area contributed by atoms with Gasteiger partial charge in [0.05, 0.1) is 11.9 Å². The van der Waals surface area contributed by atoms with Gasteiger partial charge in [-0.2, -0.15) is 0 Å². The van der Waals surface area contributed by atoms with Crippen molar-refractivity contribution >= 4 is 5.91 Å². The predicted molar refractivity (Wildman–Crippen MR) is 68.2 cm³/mol. The molecule has 0 saturated heterocycles. The van der Waals surface area contributed by atoms with E-state index in [9.17, 15) is 4.79 Å². The lowest BCUT2D eigenvalue weighted by atomic mass is 9.83. The Labute approximate surface area is 107 Å². The molecule has 96 valence electrons. The van der Waals surface area contributed by atoms with Gasteiger partial charge >= 0.3 is 0 Å². The van der Waals surface area contributed by atoms with Gasteiger partial charge in [0.2, 0.25) is 0 Å². The maximum Gasteiger partial charge on any atom is 0.271 e. The fourth-order valence-corrected chi connectivity index (χ4v) is 3.49. The number of carbonyl (C=O) groups excluding carboxylic acids is 1. The van der Waals surface area contributed by atoms with Crippen LogP contribution in [0.2, 0.25) is 0 Å². The average molecular weight is 245 g/mol. The van der Waals surface area contributed by atoms with Gasteiger partial charge in [0.15, 0.2) is 0 Å².